The fourth-order valence-electron chi connectivity index (χ4n) is 2.42. The van der Waals surface area contributed by atoms with Gasteiger partial charge in [-0.05, 0) is 34.1 Å². The minimum Gasteiger partial charge on any atom is -0.379 e. The molecule has 0 radical (unpaired) electrons. The Bertz CT molecular complexity index is 346. The summed E-state index contributed by atoms with van der Waals surface area (Å²) in [6, 6.07) is 0.780. The van der Waals surface area contributed by atoms with Gasteiger partial charge in [0.2, 0.25) is 0 Å². The van der Waals surface area contributed by atoms with Crippen LogP contribution in [0.2, 0.25) is 6.04 Å². The summed E-state index contributed by atoms with van der Waals surface area (Å²) in [4.78, 5) is 0.0207. The first kappa shape index (κ1) is 28.5. The van der Waals surface area contributed by atoms with E-state index in [1.54, 1.807) is 21.3 Å². The molecule has 0 aromatic carbocycles. The van der Waals surface area contributed by atoms with Crippen LogP contribution in [0.15, 0.2) is 0 Å². The van der Waals surface area contributed by atoms with Crippen molar-refractivity contribution < 1.29 is 36.0 Å². The van der Waals surface area contributed by atoms with Crippen LogP contribution >= 0.6 is 12.6 Å². The second kappa shape index (κ2) is 16.2. The molecule has 0 spiro atoms. The molecule has 1 fully saturated rings. The maximum Gasteiger partial charge on any atom is 0.514 e. The quantitative estimate of drug-likeness (QED) is 0.163. The van der Waals surface area contributed by atoms with Crippen LogP contribution in [0.4, 0.5) is 0 Å². The minimum atomic E-state index is -2.51. The Hall–Kier alpha value is 0.464. The predicted octanol–water partition coefficient (Wildman–Crippen LogP) is 2.56. The molecule has 0 amide bonds. The molecule has 170 valence electrons. The maximum absolute atomic E-state index is 5.59. The van der Waals surface area contributed by atoms with Crippen molar-refractivity contribution >= 4 is 30.2 Å². The zero-order chi connectivity index (χ0) is 21.5. The molecule has 0 aliphatic carbocycles. The van der Waals surface area contributed by atoms with E-state index in [2.05, 4.69) is 12.6 Å². The Morgan fingerprint density at radius 3 is 1.75 bits per heavy atom. The van der Waals surface area contributed by atoms with Gasteiger partial charge in [0.05, 0.1) is 18.1 Å². The van der Waals surface area contributed by atoms with E-state index in [1.807, 2.05) is 27.7 Å². The highest BCUT2D eigenvalue weighted by Gasteiger charge is 2.45. The molecule has 2 unspecified atom stereocenters. The van der Waals surface area contributed by atoms with E-state index in [-0.39, 0.29) is 4.87 Å². The zero-order valence-corrected chi connectivity index (χ0v) is 21.4. The smallest absolute Gasteiger partial charge is 0.379 e. The first-order chi connectivity index (χ1) is 13.4. The predicted molar refractivity (Wildman–Crippen MR) is 116 cm³/mol. The first-order valence-electron chi connectivity index (χ1n) is 9.83. The highest BCUT2D eigenvalue weighted by Crippen LogP contribution is 2.19. The van der Waals surface area contributed by atoms with E-state index >= 15 is 0 Å². The topological polar surface area (TPSA) is 77.1 Å². The second-order valence-electron chi connectivity index (χ2n) is 6.01. The molecule has 28 heavy (non-hydrogen) atoms. The number of ether oxygens (including phenoxy) is 2. The molecule has 0 aromatic rings. The maximum atomic E-state index is 5.59. The van der Waals surface area contributed by atoms with Crippen molar-refractivity contribution in [3.63, 3.8) is 0 Å². The molecular formula is C17H40O8SSi2. The van der Waals surface area contributed by atoms with Gasteiger partial charge in [-0.15, -0.1) is 0 Å². The van der Waals surface area contributed by atoms with Crippen molar-refractivity contribution in [2.45, 2.75) is 51.1 Å². The lowest BCUT2D eigenvalue weighted by Gasteiger charge is -2.30. The van der Waals surface area contributed by atoms with Gasteiger partial charge in [-0.1, -0.05) is 0 Å². The van der Waals surface area contributed by atoms with E-state index in [0.29, 0.717) is 39.1 Å². The Balaban J connectivity index is 0.000000528. The van der Waals surface area contributed by atoms with Crippen LogP contribution in [-0.2, 0) is 36.0 Å². The van der Waals surface area contributed by atoms with Gasteiger partial charge in [0.1, 0.15) is 6.10 Å². The average Bonchev–Trinajstić information content (AvgIpc) is 3.50. The number of rotatable bonds is 16. The van der Waals surface area contributed by atoms with Crippen molar-refractivity contribution in [1.82, 2.24) is 0 Å². The molecule has 2 atom stereocenters. The van der Waals surface area contributed by atoms with Gasteiger partial charge in [-0.3, -0.25) is 0 Å². The van der Waals surface area contributed by atoms with E-state index in [1.165, 1.54) is 0 Å². The second-order valence-corrected chi connectivity index (χ2v) is 13.3. The third-order valence-corrected chi connectivity index (χ3v) is 10.8. The monoisotopic (exact) mass is 460 g/mol. The zero-order valence-electron chi connectivity index (χ0n) is 18.5. The summed E-state index contributed by atoms with van der Waals surface area (Å²) in [5.74, 6) is 0. The summed E-state index contributed by atoms with van der Waals surface area (Å²) in [6.45, 7) is 11.8. The minimum absolute atomic E-state index is 0.0207. The summed E-state index contributed by atoms with van der Waals surface area (Å²) in [5, 5.41) is 0. The van der Waals surface area contributed by atoms with Gasteiger partial charge in [-0.2, -0.15) is 12.6 Å². The number of epoxide rings is 1. The molecular weight excluding hydrogens is 420 g/mol. The number of thiol groups is 1. The molecule has 1 saturated heterocycles. The number of hydrogen-bond donors (Lipinski definition) is 1. The van der Waals surface area contributed by atoms with Crippen LogP contribution in [-0.4, -0.2) is 89.6 Å². The van der Waals surface area contributed by atoms with E-state index in [9.17, 15) is 0 Å². The molecule has 1 aliphatic heterocycles. The Morgan fingerprint density at radius 2 is 1.43 bits per heavy atom. The van der Waals surface area contributed by atoms with Crippen LogP contribution in [0.3, 0.4) is 0 Å². The Kier molecular flexibility index (Phi) is 16.5. The highest BCUT2D eigenvalue weighted by atomic mass is 32.1. The summed E-state index contributed by atoms with van der Waals surface area (Å²) in [6.07, 6.45) is 1.22. The van der Waals surface area contributed by atoms with Gasteiger partial charge >= 0.3 is 17.6 Å². The summed E-state index contributed by atoms with van der Waals surface area (Å²) in [5.41, 5.74) is 0. The van der Waals surface area contributed by atoms with E-state index in [4.69, 9.17) is 36.0 Å². The molecule has 0 aromatic heterocycles. The third-order valence-electron chi connectivity index (χ3n) is 3.96. The average molecular weight is 461 g/mol. The van der Waals surface area contributed by atoms with E-state index < -0.39 is 17.6 Å². The van der Waals surface area contributed by atoms with Gasteiger partial charge in [0.25, 0.3) is 0 Å². The molecule has 11 heteroatoms. The van der Waals surface area contributed by atoms with E-state index in [0.717, 1.165) is 19.1 Å². The van der Waals surface area contributed by atoms with Crippen LogP contribution in [0.25, 0.3) is 0 Å². The van der Waals surface area contributed by atoms with Crippen molar-refractivity contribution in [1.29, 1.82) is 0 Å². The summed E-state index contributed by atoms with van der Waals surface area (Å²) < 4.78 is 43.1. The van der Waals surface area contributed by atoms with Crippen molar-refractivity contribution in [3.8, 4) is 0 Å². The molecule has 0 N–H and O–H groups in total. The Labute approximate surface area is 178 Å². The van der Waals surface area contributed by atoms with Gasteiger partial charge in [0, 0.05) is 53.8 Å². The van der Waals surface area contributed by atoms with Gasteiger partial charge in [-0.25, -0.2) is 0 Å². The summed E-state index contributed by atoms with van der Waals surface area (Å²) >= 11 is 4.37. The van der Waals surface area contributed by atoms with Crippen molar-refractivity contribution in [2.75, 3.05) is 61.0 Å². The molecule has 1 aliphatic rings. The number of hydrogen-bond acceptors (Lipinski definition) is 9. The lowest BCUT2D eigenvalue weighted by molar-refractivity contribution is 0.0709. The van der Waals surface area contributed by atoms with Crippen LogP contribution < -0.4 is 0 Å². The normalized spacial score (nSPS) is 17.8. The molecule has 0 bridgehead atoms. The molecule has 8 nitrogen and oxygen atoms in total. The molecule has 1 rings (SSSR count). The standard InChI is InChI=1S/C9H20O5Si.C8H20O3SSi/c1-10-15(11-2,12-3)6-4-5-13-7-9-8-14-9;1-5-9-13(8(4)12,10-6-2)11-7-3/h9H,4-8H2,1-3H3;8,12H,5-7H2,1-4H3. The first-order valence-corrected chi connectivity index (χ1v) is 14.1. The largest absolute Gasteiger partial charge is 0.514 e. The van der Waals surface area contributed by atoms with Crippen LogP contribution in [0, 0.1) is 0 Å². The Morgan fingerprint density at radius 1 is 0.964 bits per heavy atom. The molecule has 1 heterocycles. The third kappa shape index (κ3) is 11.0. The van der Waals surface area contributed by atoms with Crippen molar-refractivity contribution in [2.24, 2.45) is 0 Å². The highest BCUT2D eigenvalue weighted by molar-refractivity contribution is 7.82. The molecule has 0 saturated carbocycles. The lowest BCUT2D eigenvalue weighted by atomic mass is 10.5. The summed E-state index contributed by atoms with van der Waals surface area (Å²) in [7, 11) is -0.0295. The van der Waals surface area contributed by atoms with Crippen molar-refractivity contribution in [3.05, 3.63) is 0 Å². The van der Waals surface area contributed by atoms with Crippen LogP contribution in [0.1, 0.15) is 34.1 Å². The van der Waals surface area contributed by atoms with Gasteiger partial charge < -0.3 is 36.0 Å². The fraction of sp³-hybridized carbons (Fsp3) is 1.00. The van der Waals surface area contributed by atoms with Crippen LogP contribution in [0.5, 0.6) is 0 Å². The SMILES string of the molecule is CCO[Si](OCC)(OCC)C(C)S.CO[Si](CCCOCC1CO1)(OC)OC. The van der Waals surface area contributed by atoms with Gasteiger partial charge in [0.15, 0.2) is 0 Å². The fourth-order valence-corrected chi connectivity index (χ4v) is 6.96. The lowest BCUT2D eigenvalue weighted by Crippen LogP contribution is -2.53.